The average molecular weight is 356 g/mol. The van der Waals surface area contributed by atoms with Crippen LogP contribution in [-0.4, -0.2) is 14.5 Å². The molecular weight excluding hydrogens is 340 g/mol. The van der Waals surface area contributed by atoms with Gasteiger partial charge in [0.1, 0.15) is 16.5 Å². The van der Waals surface area contributed by atoms with Crippen molar-refractivity contribution in [3.63, 3.8) is 0 Å². The molecule has 1 unspecified atom stereocenters. The quantitative estimate of drug-likeness (QED) is 0.847. The summed E-state index contributed by atoms with van der Waals surface area (Å²) in [5, 5.41) is 0. The van der Waals surface area contributed by atoms with Crippen molar-refractivity contribution in [2.45, 2.75) is 44.0 Å². The van der Waals surface area contributed by atoms with Crippen molar-refractivity contribution >= 4 is 26.0 Å². The molecule has 0 aliphatic heterocycles. The molecule has 7 heteroatoms. The first-order valence-electron chi connectivity index (χ1n) is 5.94. The van der Waals surface area contributed by atoms with Gasteiger partial charge >= 0.3 is 0 Å². The van der Waals surface area contributed by atoms with Crippen LogP contribution in [0.15, 0.2) is 21.5 Å². The summed E-state index contributed by atoms with van der Waals surface area (Å²) in [6.07, 6.45) is 2.48. The lowest BCUT2D eigenvalue weighted by atomic mass is 10.2. The standard InChI is InChI=1S/C12H16BrF2NO2S/c1-3-4-5-8(2)16-19(17,18)12-10(13)6-9(14)7-11(12)15/h6-8,16H,3-5H2,1-2H3. The van der Waals surface area contributed by atoms with E-state index in [-0.39, 0.29) is 10.5 Å². The Hall–Kier alpha value is -0.530. The largest absolute Gasteiger partial charge is 0.244 e. The van der Waals surface area contributed by atoms with Crippen molar-refractivity contribution in [1.29, 1.82) is 0 Å². The van der Waals surface area contributed by atoms with Crippen molar-refractivity contribution in [3.05, 3.63) is 28.2 Å². The van der Waals surface area contributed by atoms with E-state index in [1.165, 1.54) is 0 Å². The summed E-state index contributed by atoms with van der Waals surface area (Å²) in [5.74, 6) is -1.94. The predicted molar refractivity (Wildman–Crippen MR) is 73.4 cm³/mol. The number of unbranched alkanes of at least 4 members (excludes halogenated alkanes) is 1. The van der Waals surface area contributed by atoms with Crippen molar-refractivity contribution in [2.24, 2.45) is 0 Å². The number of halogens is 3. The fourth-order valence-corrected chi connectivity index (χ4v) is 4.12. The zero-order chi connectivity index (χ0) is 14.6. The van der Waals surface area contributed by atoms with Crippen LogP contribution in [0.2, 0.25) is 0 Å². The van der Waals surface area contributed by atoms with E-state index in [0.29, 0.717) is 12.5 Å². The van der Waals surface area contributed by atoms with Gasteiger partial charge in [-0.2, -0.15) is 0 Å². The molecule has 19 heavy (non-hydrogen) atoms. The lowest BCUT2D eigenvalue weighted by molar-refractivity contribution is 0.518. The Morgan fingerprint density at radius 1 is 1.37 bits per heavy atom. The van der Waals surface area contributed by atoms with Gasteiger partial charge < -0.3 is 0 Å². The molecule has 1 aromatic carbocycles. The Bertz CT molecular complexity index is 526. The third kappa shape index (κ3) is 4.50. The highest BCUT2D eigenvalue weighted by molar-refractivity contribution is 9.10. The van der Waals surface area contributed by atoms with Crippen LogP contribution in [0.5, 0.6) is 0 Å². The summed E-state index contributed by atoms with van der Waals surface area (Å²) in [7, 11) is -4.01. The molecule has 0 fully saturated rings. The van der Waals surface area contributed by atoms with Gasteiger partial charge in [-0.05, 0) is 35.3 Å². The summed E-state index contributed by atoms with van der Waals surface area (Å²) in [6.45, 7) is 3.71. The summed E-state index contributed by atoms with van der Waals surface area (Å²) >= 11 is 2.88. The molecule has 0 spiro atoms. The highest BCUT2D eigenvalue weighted by Crippen LogP contribution is 2.26. The van der Waals surface area contributed by atoms with Gasteiger partial charge in [0.05, 0.1) is 0 Å². The summed E-state index contributed by atoms with van der Waals surface area (Å²) in [4.78, 5) is -0.558. The SMILES string of the molecule is CCCCC(C)NS(=O)(=O)c1c(F)cc(F)cc1Br. The van der Waals surface area contributed by atoms with Crippen LogP contribution in [0.25, 0.3) is 0 Å². The summed E-state index contributed by atoms with van der Waals surface area (Å²) in [6, 6.07) is 1.17. The van der Waals surface area contributed by atoms with Crippen LogP contribution in [0.3, 0.4) is 0 Å². The topological polar surface area (TPSA) is 46.2 Å². The third-order valence-corrected chi connectivity index (χ3v) is 5.13. The third-order valence-electron chi connectivity index (χ3n) is 2.58. The maximum absolute atomic E-state index is 13.6. The molecule has 108 valence electrons. The van der Waals surface area contributed by atoms with E-state index >= 15 is 0 Å². The Labute approximate surface area is 120 Å². The second-order valence-electron chi connectivity index (χ2n) is 4.36. The van der Waals surface area contributed by atoms with Gasteiger partial charge in [0.2, 0.25) is 10.0 Å². The molecule has 3 nitrogen and oxygen atoms in total. The van der Waals surface area contributed by atoms with Gasteiger partial charge in [0.25, 0.3) is 0 Å². The van der Waals surface area contributed by atoms with E-state index in [2.05, 4.69) is 20.7 Å². The van der Waals surface area contributed by atoms with Gasteiger partial charge in [-0.15, -0.1) is 0 Å². The molecule has 0 radical (unpaired) electrons. The van der Waals surface area contributed by atoms with Crippen LogP contribution < -0.4 is 4.72 Å². The zero-order valence-electron chi connectivity index (χ0n) is 10.7. The van der Waals surface area contributed by atoms with E-state index in [1.807, 2.05) is 6.92 Å². The normalized spacial score (nSPS) is 13.5. The van der Waals surface area contributed by atoms with E-state index < -0.39 is 26.6 Å². The Kier molecular flexibility index (Phi) is 5.88. The van der Waals surface area contributed by atoms with Crippen LogP contribution in [0.1, 0.15) is 33.1 Å². The van der Waals surface area contributed by atoms with E-state index in [0.717, 1.165) is 18.9 Å². The Morgan fingerprint density at radius 2 is 2.00 bits per heavy atom. The lowest BCUT2D eigenvalue weighted by Crippen LogP contribution is -2.33. The van der Waals surface area contributed by atoms with Crippen molar-refractivity contribution < 1.29 is 17.2 Å². The first-order chi connectivity index (χ1) is 8.77. The molecule has 1 rings (SSSR count). The van der Waals surface area contributed by atoms with Crippen molar-refractivity contribution in [2.75, 3.05) is 0 Å². The molecule has 0 saturated heterocycles. The lowest BCUT2D eigenvalue weighted by Gasteiger charge is -2.15. The van der Waals surface area contributed by atoms with Crippen LogP contribution in [-0.2, 0) is 10.0 Å². The number of hydrogen-bond acceptors (Lipinski definition) is 2. The highest BCUT2D eigenvalue weighted by Gasteiger charge is 2.25. The molecule has 0 heterocycles. The van der Waals surface area contributed by atoms with Gasteiger partial charge in [-0.3, -0.25) is 0 Å². The number of benzene rings is 1. The van der Waals surface area contributed by atoms with Gasteiger partial charge in [-0.1, -0.05) is 19.8 Å². The fraction of sp³-hybridized carbons (Fsp3) is 0.500. The molecule has 0 aromatic heterocycles. The molecule has 0 amide bonds. The second kappa shape index (κ2) is 6.76. The zero-order valence-corrected chi connectivity index (χ0v) is 13.1. The maximum atomic E-state index is 13.6. The second-order valence-corrected chi connectivity index (χ2v) is 6.87. The Morgan fingerprint density at radius 3 is 2.53 bits per heavy atom. The molecule has 1 atom stereocenters. The first kappa shape index (κ1) is 16.5. The van der Waals surface area contributed by atoms with Gasteiger partial charge in [0.15, 0.2) is 0 Å². The minimum absolute atomic E-state index is 0.125. The van der Waals surface area contributed by atoms with Crippen LogP contribution in [0, 0.1) is 11.6 Å². The number of rotatable bonds is 6. The van der Waals surface area contributed by atoms with E-state index in [9.17, 15) is 17.2 Å². The molecular formula is C12H16BrF2NO2S. The van der Waals surface area contributed by atoms with Crippen molar-refractivity contribution in [1.82, 2.24) is 4.72 Å². The first-order valence-corrected chi connectivity index (χ1v) is 8.22. The summed E-state index contributed by atoms with van der Waals surface area (Å²) in [5.41, 5.74) is 0. The monoisotopic (exact) mass is 355 g/mol. The van der Waals surface area contributed by atoms with Crippen molar-refractivity contribution in [3.8, 4) is 0 Å². The van der Waals surface area contributed by atoms with E-state index in [1.54, 1.807) is 6.92 Å². The Balaban J connectivity index is 3.01. The number of hydrogen-bond donors (Lipinski definition) is 1. The number of nitrogens with one attached hydrogen (secondary N) is 1. The summed E-state index contributed by atoms with van der Waals surface area (Å²) < 4.78 is 52.9. The maximum Gasteiger partial charge on any atom is 0.244 e. The smallest absolute Gasteiger partial charge is 0.208 e. The van der Waals surface area contributed by atoms with Crippen LogP contribution in [0.4, 0.5) is 8.78 Å². The predicted octanol–water partition coefficient (Wildman–Crippen LogP) is 3.58. The minimum atomic E-state index is -4.01. The highest BCUT2D eigenvalue weighted by atomic mass is 79.9. The molecule has 1 aromatic rings. The molecule has 1 N–H and O–H groups in total. The average Bonchev–Trinajstić information content (AvgIpc) is 2.23. The molecule has 0 bridgehead atoms. The molecule has 0 saturated carbocycles. The van der Waals surface area contributed by atoms with Crippen LogP contribution >= 0.6 is 15.9 Å². The van der Waals surface area contributed by atoms with E-state index in [4.69, 9.17) is 0 Å². The van der Waals surface area contributed by atoms with Gasteiger partial charge in [-0.25, -0.2) is 21.9 Å². The fourth-order valence-electron chi connectivity index (χ4n) is 1.68. The minimum Gasteiger partial charge on any atom is -0.208 e. The molecule has 0 aliphatic carbocycles. The van der Waals surface area contributed by atoms with Gasteiger partial charge in [0, 0.05) is 16.6 Å². The number of sulfonamides is 1. The molecule has 0 aliphatic rings.